The summed E-state index contributed by atoms with van der Waals surface area (Å²) in [6.07, 6.45) is 1.39. The molecule has 0 bridgehead atoms. The summed E-state index contributed by atoms with van der Waals surface area (Å²) in [4.78, 5) is 13.5. The first-order valence-corrected chi connectivity index (χ1v) is 7.23. The van der Waals surface area contributed by atoms with E-state index in [2.05, 4.69) is 10.00 Å². The summed E-state index contributed by atoms with van der Waals surface area (Å²) < 4.78 is 1.65. The first kappa shape index (κ1) is 15.5. The molecule has 0 saturated heterocycles. The molecule has 2 rings (SSSR count). The van der Waals surface area contributed by atoms with Crippen LogP contribution in [0.4, 0.5) is 0 Å². The SMILES string of the molecule is CCN(CC)Cc1c(C(=O)O)cnn1-c1cccc(Cl)c1. The zero-order valence-corrected chi connectivity index (χ0v) is 12.8. The van der Waals surface area contributed by atoms with Gasteiger partial charge in [0.05, 0.1) is 17.6 Å². The monoisotopic (exact) mass is 307 g/mol. The van der Waals surface area contributed by atoms with E-state index in [9.17, 15) is 9.90 Å². The highest BCUT2D eigenvalue weighted by atomic mass is 35.5. The Morgan fingerprint density at radius 1 is 1.38 bits per heavy atom. The lowest BCUT2D eigenvalue weighted by Gasteiger charge is -2.19. The van der Waals surface area contributed by atoms with Gasteiger partial charge in [0.15, 0.2) is 0 Å². The summed E-state index contributed by atoms with van der Waals surface area (Å²) in [5.41, 5.74) is 1.65. The number of rotatable bonds is 6. The molecule has 1 heterocycles. The molecule has 0 saturated carbocycles. The number of carboxylic acid groups (broad SMARTS) is 1. The normalized spacial score (nSPS) is 11.0. The van der Waals surface area contributed by atoms with Gasteiger partial charge in [0.2, 0.25) is 0 Å². The summed E-state index contributed by atoms with van der Waals surface area (Å²) in [5.74, 6) is -0.967. The molecule has 2 aromatic rings. The number of benzene rings is 1. The van der Waals surface area contributed by atoms with Gasteiger partial charge in [0.25, 0.3) is 0 Å². The predicted molar refractivity (Wildman–Crippen MR) is 82.2 cm³/mol. The Morgan fingerprint density at radius 2 is 2.10 bits per heavy atom. The van der Waals surface area contributed by atoms with E-state index in [-0.39, 0.29) is 5.56 Å². The van der Waals surface area contributed by atoms with Gasteiger partial charge in [-0.15, -0.1) is 0 Å². The molecule has 0 fully saturated rings. The molecule has 0 unspecified atom stereocenters. The lowest BCUT2D eigenvalue weighted by atomic mass is 10.2. The molecular formula is C15H18ClN3O2. The number of nitrogens with zero attached hydrogens (tertiary/aromatic N) is 3. The first-order chi connectivity index (χ1) is 10.1. The van der Waals surface area contributed by atoms with Crippen molar-refractivity contribution in [2.45, 2.75) is 20.4 Å². The third-order valence-electron chi connectivity index (χ3n) is 3.42. The standard InChI is InChI=1S/C15H18ClN3O2/c1-3-18(4-2)10-14-13(15(20)21)9-17-19(14)12-7-5-6-11(16)8-12/h5-9H,3-4,10H2,1-2H3,(H,20,21). The van der Waals surface area contributed by atoms with E-state index in [4.69, 9.17) is 11.6 Å². The summed E-state index contributed by atoms with van der Waals surface area (Å²) in [7, 11) is 0. The Labute approximate surface area is 128 Å². The van der Waals surface area contributed by atoms with E-state index in [0.29, 0.717) is 17.3 Å². The maximum absolute atomic E-state index is 11.4. The van der Waals surface area contributed by atoms with Gasteiger partial charge < -0.3 is 5.11 Å². The van der Waals surface area contributed by atoms with Gasteiger partial charge in [-0.3, -0.25) is 4.90 Å². The number of aromatic carboxylic acids is 1. The van der Waals surface area contributed by atoms with E-state index in [0.717, 1.165) is 18.8 Å². The first-order valence-electron chi connectivity index (χ1n) is 6.85. The van der Waals surface area contributed by atoms with Crippen LogP contribution in [0.1, 0.15) is 29.9 Å². The van der Waals surface area contributed by atoms with Crippen LogP contribution in [0.2, 0.25) is 5.02 Å². The van der Waals surface area contributed by atoms with Crippen molar-refractivity contribution >= 4 is 17.6 Å². The lowest BCUT2D eigenvalue weighted by Crippen LogP contribution is -2.25. The average Bonchev–Trinajstić information content (AvgIpc) is 2.88. The number of carbonyl (C=O) groups is 1. The van der Waals surface area contributed by atoms with Crippen molar-refractivity contribution in [1.82, 2.24) is 14.7 Å². The Hall–Kier alpha value is -1.85. The van der Waals surface area contributed by atoms with Crippen molar-refractivity contribution in [2.75, 3.05) is 13.1 Å². The van der Waals surface area contributed by atoms with Crippen molar-refractivity contribution in [3.8, 4) is 5.69 Å². The van der Waals surface area contributed by atoms with Crippen LogP contribution in [0.3, 0.4) is 0 Å². The number of hydrogen-bond acceptors (Lipinski definition) is 3. The second-order valence-electron chi connectivity index (χ2n) is 4.66. The van der Waals surface area contributed by atoms with Crippen LogP contribution >= 0.6 is 11.6 Å². The third kappa shape index (κ3) is 3.43. The van der Waals surface area contributed by atoms with Gasteiger partial charge in [0, 0.05) is 11.6 Å². The second kappa shape index (κ2) is 6.74. The van der Waals surface area contributed by atoms with Crippen LogP contribution in [-0.4, -0.2) is 38.8 Å². The fourth-order valence-corrected chi connectivity index (χ4v) is 2.38. The highest BCUT2D eigenvalue weighted by Crippen LogP contribution is 2.20. The molecule has 0 aliphatic heterocycles. The lowest BCUT2D eigenvalue weighted by molar-refractivity contribution is 0.0694. The predicted octanol–water partition coefficient (Wildman–Crippen LogP) is 3.07. The minimum Gasteiger partial charge on any atom is -0.478 e. The summed E-state index contributed by atoms with van der Waals surface area (Å²) >= 11 is 6.01. The van der Waals surface area contributed by atoms with Crippen molar-refractivity contribution < 1.29 is 9.90 Å². The smallest absolute Gasteiger partial charge is 0.339 e. The fourth-order valence-electron chi connectivity index (χ4n) is 2.19. The maximum Gasteiger partial charge on any atom is 0.339 e. The number of hydrogen-bond donors (Lipinski definition) is 1. The molecular weight excluding hydrogens is 290 g/mol. The molecule has 1 aromatic heterocycles. The van der Waals surface area contributed by atoms with Crippen LogP contribution in [-0.2, 0) is 6.54 Å². The molecule has 5 nitrogen and oxygen atoms in total. The second-order valence-corrected chi connectivity index (χ2v) is 5.10. The van der Waals surface area contributed by atoms with Crippen LogP contribution in [0.5, 0.6) is 0 Å². The molecule has 112 valence electrons. The minimum absolute atomic E-state index is 0.224. The maximum atomic E-state index is 11.4. The molecule has 0 aliphatic carbocycles. The average molecular weight is 308 g/mol. The molecule has 0 amide bonds. The van der Waals surface area contributed by atoms with Gasteiger partial charge in [-0.1, -0.05) is 31.5 Å². The van der Waals surface area contributed by atoms with Gasteiger partial charge in [-0.05, 0) is 31.3 Å². The minimum atomic E-state index is -0.967. The van der Waals surface area contributed by atoms with Crippen molar-refractivity contribution in [3.05, 3.63) is 46.7 Å². The molecule has 21 heavy (non-hydrogen) atoms. The van der Waals surface area contributed by atoms with E-state index in [1.54, 1.807) is 16.8 Å². The van der Waals surface area contributed by atoms with Crippen LogP contribution in [0, 0.1) is 0 Å². The third-order valence-corrected chi connectivity index (χ3v) is 3.65. The van der Waals surface area contributed by atoms with Gasteiger partial charge >= 0.3 is 5.97 Å². The molecule has 6 heteroatoms. The van der Waals surface area contributed by atoms with Crippen LogP contribution in [0.25, 0.3) is 5.69 Å². The number of aromatic nitrogens is 2. The Bertz CT molecular complexity index is 636. The zero-order chi connectivity index (χ0) is 15.4. The summed E-state index contributed by atoms with van der Waals surface area (Å²) in [6, 6.07) is 7.22. The number of carboxylic acids is 1. The highest BCUT2D eigenvalue weighted by molar-refractivity contribution is 6.30. The van der Waals surface area contributed by atoms with Crippen LogP contribution < -0.4 is 0 Å². The van der Waals surface area contributed by atoms with Gasteiger partial charge in [-0.2, -0.15) is 5.10 Å². The summed E-state index contributed by atoms with van der Waals surface area (Å²) in [6.45, 7) is 6.31. The van der Waals surface area contributed by atoms with Crippen molar-refractivity contribution in [1.29, 1.82) is 0 Å². The Kier molecular flexibility index (Phi) is 4.98. The van der Waals surface area contributed by atoms with E-state index in [1.165, 1.54) is 6.20 Å². The van der Waals surface area contributed by atoms with Crippen molar-refractivity contribution in [2.24, 2.45) is 0 Å². The zero-order valence-electron chi connectivity index (χ0n) is 12.1. The molecule has 0 atom stereocenters. The van der Waals surface area contributed by atoms with E-state index < -0.39 is 5.97 Å². The van der Waals surface area contributed by atoms with Crippen molar-refractivity contribution in [3.63, 3.8) is 0 Å². The van der Waals surface area contributed by atoms with E-state index >= 15 is 0 Å². The topological polar surface area (TPSA) is 58.4 Å². The molecule has 1 N–H and O–H groups in total. The molecule has 0 spiro atoms. The largest absolute Gasteiger partial charge is 0.478 e. The molecule has 0 aliphatic rings. The van der Waals surface area contributed by atoms with E-state index in [1.807, 2.05) is 26.0 Å². The van der Waals surface area contributed by atoms with Crippen LogP contribution in [0.15, 0.2) is 30.5 Å². The quantitative estimate of drug-likeness (QED) is 0.891. The Balaban J connectivity index is 2.48. The van der Waals surface area contributed by atoms with Gasteiger partial charge in [-0.25, -0.2) is 9.48 Å². The molecule has 1 aromatic carbocycles. The van der Waals surface area contributed by atoms with Gasteiger partial charge in [0.1, 0.15) is 5.56 Å². The number of halogens is 1. The summed E-state index contributed by atoms with van der Waals surface area (Å²) in [5, 5.41) is 14.2. The fraction of sp³-hybridized carbons (Fsp3) is 0.333. The molecule has 0 radical (unpaired) electrons. The Morgan fingerprint density at radius 3 is 2.67 bits per heavy atom. The highest BCUT2D eigenvalue weighted by Gasteiger charge is 2.19.